The Kier molecular flexibility index (Phi) is 5.29. The van der Waals surface area contributed by atoms with Crippen molar-refractivity contribution >= 4 is 17.4 Å². The third-order valence-corrected chi connectivity index (χ3v) is 4.00. The van der Waals surface area contributed by atoms with Crippen molar-refractivity contribution < 1.29 is 9.53 Å². The molecule has 2 atom stereocenters. The molecule has 0 spiro atoms. The normalized spacial score (nSPS) is 21.8. The molecule has 0 aliphatic carbocycles. The Balaban J connectivity index is 2.00. The van der Waals surface area contributed by atoms with Crippen LogP contribution in [0.25, 0.3) is 0 Å². The van der Waals surface area contributed by atoms with Gasteiger partial charge in [0.25, 0.3) is 0 Å². The summed E-state index contributed by atoms with van der Waals surface area (Å²) < 4.78 is 5.76. The molecule has 0 saturated carbocycles. The van der Waals surface area contributed by atoms with Crippen molar-refractivity contribution in [2.24, 2.45) is 0 Å². The lowest BCUT2D eigenvalue weighted by Crippen LogP contribution is -2.45. The topological polar surface area (TPSA) is 44.8 Å². The van der Waals surface area contributed by atoms with Crippen LogP contribution >= 0.6 is 0 Å². The minimum absolute atomic E-state index is 0.0867. The molecule has 0 aromatic heterocycles. The van der Waals surface area contributed by atoms with E-state index in [1.807, 2.05) is 26.0 Å². The number of carbonyl (C=O) groups is 1. The van der Waals surface area contributed by atoms with E-state index < -0.39 is 0 Å². The lowest BCUT2D eigenvalue weighted by atomic mass is 10.2. The van der Waals surface area contributed by atoms with Crippen LogP contribution in [0.4, 0.5) is 16.2 Å². The van der Waals surface area contributed by atoms with Gasteiger partial charge in [0.15, 0.2) is 0 Å². The fourth-order valence-electron chi connectivity index (χ4n) is 2.59. The van der Waals surface area contributed by atoms with Gasteiger partial charge in [-0.2, -0.15) is 0 Å². The van der Waals surface area contributed by atoms with Gasteiger partial charge in [-0.15, -0.1) is 0 Å². The summed E-state index contributed by atoms with van der Waals surface area (Å²) in [5, 5.41) is 2.91. The summed E-state index contributed by atoms with van der Waals surface area (Å²) in [6.07, 6.45) is 0.477. The van der Waals surface area contributed by atoms with Gasteiger partial charge >= 0.3 is 6.03 Å². The number of hydrogen-bond donors (Lipinski definition) is 1. The third kappa shape index (κ3) is 4.13. The standard InChI is InChI=1S/C17H27N3O2/c1-12(2)19(5)17(21)18-15-6-8-16(9-7-15)20-10-13(3)22-14(4)11-20/h6-9,12-14H,10-11H2,1-5H3,(H,18,21)/t13-,14-/m1/s1. The number of anilines is 2. The van der Waals surface area contributed by atoms with Crippen LogP contribution in [0.5, 0.6) is 0 Å². The lowest BCUT2D eigenvalue weighted by Gasteiger charge is -2.36. The number of morpholine rings is 1. The molecule has 0 bridgehead atoms. The summed E-state index contributed by atoms with van der Waals surface area (Å²) in [5.74, 6) is 0. The van der Waals surface area contributed by atoms with Crippen molar-refractivity contribution in [3.63, 3.8) is 0 Å². The highest BCUT2D eigenvalue weighted by Crippen LogP contribution is 2.22. The Morgan fingerprint density at radius 3 is 2.27 bits per heavy atom. The molecule has 1 aliphatic heterocycles. The molecule has 1 aliphatic rings. The highest BCUT2D eigenvalue weighted by molar-refractivity contribution is 5.89. The molecule has 1 N–H and O–H groups in total. The third-order valence-electron chi connectivity index (χ3n) is 4.00. The van der Waals surface area contributed by atoms with Gasteiger partial charge in [-0.3, -0.25) is 0 Å². The molecule has 22 heavy (non-hydrogen) atoms. The van der Waals surface area contributed by atoms with Gasteiger partial charge in [0.2, 0.25) is 0 Å². The van der Waals surface area contributed by atoms with Gasteiger partial charge < -0.3 is 19.9 Å². The number of benzene rings is 1. The lowest BCUT2D eigenvalue weighted by molar-refractivity contribution is -0.00521. The molecule has 0 unspecified atom stereocenters. The van der Waals surface area contributed by atoms with Crippen LogP contribution in [0.1, 0.15) is 27.7 Å². The van der Waals surface area contributed by atoms with Gasteiger partial charge in [-0.05, 0) is 52.0 Å². The fraction of sp³-hybridized carbons (Fsp3) is 0.588. The number of urea groups is 1. The van der Waals surface area contributed by atoms with Gasteiger partial charge in [-0.1, -0.05) is 0 Å². The van der Waals surface area contributed by atoms with Crippen molar-refractivity contribution in [3.8, 4) is 0 Å². The second-order valence-corrected chi connectivity index (χ2v) is 6.34. The largest absolute Gasteiger partial charge is 0.372 e. The SMILES string of the molecule is CC(C)N(C)C(=O)Nc1ccc(N2C[C@@H](C)O[C@H](C)C2)cc1. The van der Waals surface area contributed by atoms with Gasteiger partial charge in [-0.25, -0.2) is 4.79 Å². The predicted molar refractivity (Wildman–Crippen MR) is 90.6 cm³/mol. The van der Waals surface area contributed by atoms with E-state index in [1.54, 1.807) is 11.9 Å². The number of hydrogen-bond acceptors (Lipinski definition) is 3. The maximum absolute atomic E-state index is 12.0. The molecule has 1 aromatic rings. The van der Waals surface area contributed by atoms with Crippen LogP contribution in [-0.2, 0) is 4.74 Å². The number of ether oxygens (including phenoxy) is 1. The Morgan fingerprint density at radius 2 is 1.77 bits per heavy atom. The monoisotopic (exact) mass is 305 g/mol. The minimum Gasteiger partial charge on any atom is -0.372 e. The summed E-state index contributed by atoms with van der Waals surface area (Å²) in [7, 11) is 1.80. The highest BCUT2D eigenvalue weighted by atomic mass is 16.5. The van der Waals surface area contributed by atoms with Crippen LogP contribution in [0.3, 0.4) is 0 Å². The predicted octanol–water partition coefficient (Wildman–Crippen LogP) is 3.17. The number of nitrogens with zero attached hydrogens (tertiary/aromatic N) is 2. The van der Waals surface area contributed by atoms with E-state index in [-0.39, 0.29) is 24.3 Å². The first-order valence-electron chi connectivity index (χ1n) is 7.91. The van der Waals surface area contributed by atoms with Crippen LogP contribution < -0.4 is 10.2 Å². The zero-order valence-electron chi connectivity index (χ0n) is 14.2. The van der Waals surface area contributed by atoms with Crippen molar-refractivity contribution in [2.45, 2.75) is 45.9 Å². The van der Waals surface area contributed by atoms with E-state index >= 15 is 0 Å². The summed E-state index contributed by atoms with van der Waals surface area (Å²) >= 11 is 0. The minimum atomic E-state index is -0.0867. The average Bonchev–Trinajstić information content (AvgIpc) is 2.46. The molecule has 0 radical (unpaired) electrons. The van der Waals surface area contributed by atoms with Crippen molar-refractivity contribution in [2.75, 3.05) is 30.4 Å². The smallest absolute Gasteiger partial charge is 0.321 e. The van der Waals surface area contributed by atoms with Gasteiger partial charge in [0, 0.05) is 37.6 Å². The number of carbonyl (C=O) groups excluding carboxylic acids is 1. The van der Waals surface area contributed by atoms with Crippen molar-refractivity contribution in [1.29, 1.82) is 0 Å². The van der Waals surface area contributed by atoms with Crippen molar-refractivity contribution in [3.05, 3.63) is 24.3 Å². The van der Waals surface area contributed by atoms with E-state index in [2.05, 4.69) is 36.2 Å². The Hall–Kier alpha value is -1.75. The first kappa shape index (κ1) is 16.6. The molecular weight excluding hydrogens is 278 g/mol. The van der Waals surface area contributed by atoms with E-state index in [1.165, 1.54) is 0 Å². The molecule has 5 nitrogen and oxygen atoms in total. The van der Waals surface area contributed by atoms with E-state index in [0.29, 0.717) is 0 Å². The maximum Gasteiger partial charge on any atom is 0.321 e. The van der Waals surface area contributed by atoms with Crippen LogP contribution in [0.15, 0.2) is 24.3 Å². The molecule has 1 fully saturated rings. The zero-order valence-corrected chi connectivity index (χ0v) is 14.2. The van der Waals surface area contributed by atoms with E-state index in [4.69, 9.17) is 4.74 Å². The molecule has 1 aromatic carbocycles. The first-order chi connectivity index (χ1) is 10.4. The number of nitrogens with one attached hydrogen (secondary N) is 1. The van der Waals surface area contributed by atoms with E-state index in [9.17, 15) is 4.79 Å². The molecule has 2 amide bonds. The zero-order chi connectivity index (χ0) is 16.3. The van der Waals surface area contributed by atoms with Crippen LogP contribution in [0, 0.1) is 0 Å². The summed E-state index contributed by atoms with van der Waals surface area (Å²) in [5.41, 5.74) is 1.98. The van der Waals surface area contributed by atoms with Crippen molar-refractivity contribution in [1.82, 2.24) is 4.90 Å². The Morgan fingerprint density at radius 1 is 1.23 bits per heavy atom. The van der Waals surface area contributed by atoms with Crippen LogP contribution in [0.2, 0.25) is 0 Å². The Labute approximate surface area is 133 Å². The number of rotatable bonds is 3. The first-order valence-corrected chi connectivity index (χ1v) is 7.91. The summed E-state index contributed by atoms with van der Waals surface area (Å²) in [4.78, 5) is 16.0. The van der Waals surface area contributed by atoms with E-state index in [0.717, 1.165) is 24.5 Å². The van der Waals surface area contributed by atoms with Crippen LogP contribution in [-0.4, -0.2) is 49.3 Å². The fourth-order valence-corrected chi connectivity index (χ4v) is 2.59. The maximum atomic E-state index is 12.0. The van der Waals surface area contributed by atoms with Gasteiger partial charge in [0.1, 0.15) is 0 Å². The second-order valence-electron chi connectivity index (χ2n) is 6.34. The number of amides is 2. The summed E-state index contributed by atoms with van der Waals surface area (Å²) in [6.45, 7) is 9.96. The molecule has 2 rings (SSSR count). The quantitative estimate of drug-likeness (QED) is 0.933. The molecule has 1 heterocycles. The Bertz CT molecular complexity index is 491. The molecule has 122 valence electrons. The molecule has 5 heteroatoms. The average molecular weight is 305 g/mol. The molecular formula is C17H27N3O2. The second kappa shape index (κ2) is 7.01. The van der Waals surface area contributed by atoms with Gasteiger partial charge in [0.05, 0.1) is 12.2 Å². The highest BCUT2D eigenvalue weighted by Gasteiger charge is 2.22. The summed E-state index contributed by atoms with van der Waals surface area (Å²) in [6, 6.07) is 8.09. The molecule has 1 saturated heterocycles.